The van der Waals surface area contributed by atoms with Gasteiger partial charge in [0.15, 0.2) is 0 Å². The van der Waals surface area contributed by atoms with E-state index in [0.29, 0.717) is 24.5 Å². The van der Waals surface area contributed by atoms with E-state index in [1.807, 2.05) is 0 Å². The molecule has 1 aromatic rings. The molecule has 4 N–H and O–H groups in total. The van der Waals surface area contributed by atoms with Crippen molar-refractivity contribution in [2.45, 2.75) is 6.92 Å². The predicted molar refractivity (Wildman–Crippen MR) is 69.2 cm³/mol. The molecule has 6 nitrogen and oxygen atoms in total. The molecule has 0 aliphatic heterocycles. The average molecular weight is 251 g/mol. The van der Waals surface area contributed by atoms with Crippen LogP contribution in [0, 0.1) is 0 Å². The number of carbonyl (C=O) groups is 2. The first kappa shape index (κ1) is 14.1. The van der Waals surface area contributed by atoms with Crippen molar-refractivity contribution in [2.24, 2.45) is 5.73 Å². The molecule has 0 unspecified atom stereocenters. The van der Waals surface area contributed by atoms with Crippen molar-refractivity contribution >= 4 is 23.2 Å². The van der Waals surface area contributed by atoms with Gasteiger partial charge in [0.1, 0.15) is 6.61 Å². The first-order valence-electron chi connectivity index (χ1n) is 5.57. The summed E-state index contributed by atoms with van der Waals surface area (Å²) in [6, 6.07) is 6.87. The Hall–Kier alpha value is -1.92. The highest BCUT2D eigenvalue weighted by Gasteiger charge is 2.03. The zero-order valence-electron chi connectivity index (χ0n) is 10.2. The third-order valence-electron chi connectivity index (χ3n) is 1.96. The number of anilines is 2. The van der Waals surface area contributed by atoms with Crippen molar-refractivity contribution < 1.29 is 14.3 Å². The second-order valence-electron chi connectivity index (χ2n) is 3.65. The molecule has 0 heterocycles. The van der Waals surface area contributed by atoms with Gasteiger partial charge < -0.3 is 21.1 Å². The van der Waals surface area contributed by atoms with E-state index in [-0.39, 0.29) is 18.4 Å². The third-order valence-corrected chi connectivity index (χ3v) is 1.96. The van der Waals surface area contributed by atoms with Crippen molar-refractivity contribution in [3.8, 4) is 0 Å². The summed E-state index contributed by atoms with van der Waals surface area (Å²) < 4.78 is 5.00. The summed E-state index contributed by atoms with van der Waals surface area (Å²) in [5, 5.41) is 5.29. The Morgan fingerprint density at radius 2 is 1.94 bits per heavy atom. The minimum atomic E-state index is -0.261. The standard InChI is InChI=1S/C12H17N3O3/c1-9(16)14-10-3-2-4-11(7-10)15-12(17)8-18-6-5-13/h2-4,7H,5-6,8,13H2,1H3,(H,14,16)(H,15,17). The minimum absolute atomic E-state index is 0.0401. The predicted octanol–water partition coefficient (Wildman–Crippen LogP) is 0.559. The van der Waals surface area contributed by atoms with Crippen molar-refractivity contribution in [1.29, 1.82) is 0 Å². The molecule has 0 fully saturated rings. The Morgan fingerprint density at radius 3 is 2.56 bits per heavy atom. The molecule has 98 valence electrons. The highest BCUT2D eigenvalue weighted by atomic mass is 16.5. The molecule has 0 radical (unpaired) electrons. The molecule has 0 aliphatic carbocycles. The summed E-state index contributed by atoms with van der Waals surface area (Å²) in [5.41, 5.74) is 6.46. The molecule has 0 saturated carbocycles. The number of ether oxygens (including phenoxy) is 1. The van der Waals surface area contributed by atoms with Gasteiger partial charge in [-0.1, -0.05) is 6.07 Å². The number of carbonyl (C=O) groups excluding carboxylic acids is 2. The van der Waals surface area contributed by atoms with Gasteiger partial charge in [0.2, 0.25) is 11.8 Å². The van der Waals surface area contributed by atoms with E-state index in [1.165, 1.54) is 6.92 Å². The smallest absolute Gasteiger partial charge is 0.250 e. The molecule has 2 amide bonds. The van der Waals surface area contributed by atoms with Gasteiger partial charge >= 0.3 is 0 Å². The Labute approximate surface area is 105 Å². The molecule has 0 bridgehead atoms. The molecule has 0 atom stereocenters. The number of benzene rings is 1. The molecule has 18 heavy (non-hydrogen) atoms. The lowest BCUT2D eigenvalue weighted by Crippen LogP contribution is -2.20. The van der Waals surface area contributed by atoms with E-state index in [2.05, 4.69) is 10.6 Å². The van der Waals surface area contributed by atoms with Gasteiger partial charge in [-0.2, -0.15) is 0 Å². The first-order valence-corrected chi connectivity index (χ1v) is 5.57. The number of amides is 2. The Kier molecular flexibility index (Phi) is 5.83. The maximum atomic E-state index is 11.5. The van der Waals surface area contributed by atoms with Crippen LogP contribution in [0.5, 0.6) is 0 Å². The topological polar surface area (TPSA) is 93.5 Å². The van der Waals surface area contributed by atoms with Crippen LogP contribution in [0.4, 0.5) is 11.4 Å². The van der Waals surface area contributed by atoms with Crippen molar-refractivity contribution in [1.82, 2.24) is 0 Å². The lowest BCUT2D eigenvalue weighted by molar-refractivity contribution is -0.120. The Morgan fingerprint density at radius 1 is 1.28 bits per heavy atom. The van der Waals surface area contributed by atoms with Gasteiger partial charge in [-0.05, 0) is 18.2 Å². The van der Waals surface area contributed by atoms with Crippen LogP contribution in [0.15, 0.2) is 24.3 Å². The Bertz CT molecular complexity index is 421. The van der Waals surface area contributed by atoms with Crippen LogP contribution in [-0.4, -0.2) is 31.6 Å². The number of hydrogen-bond acceptors (Lipinski definition) is 4. The zero-order chi connectivity index (χ0) is 13.4. The lowest BCUT2D eigenvalue weighted by Gasteiger charge is -2.08. The maximum absolute atomic E-state index is 11.5. The monoisotopic (exact) mass is 251 g/mol. The summed E-state index contributed by atoms with van der Waals surface area (Å²) >= 11 is 0. The van der Waals surface area contributed by atoms with Crippen LogP contribution in [0.1, 0.15) is 6.92 Å². The fraction of sp³-hybridized carbons (Fsp3) is 0.333. The SMILES string of the molecule is CC(=O)Nc1cccc(NC(=O)COCCN)c1. The molecule has 0 aliphatic rings. The molecular formula is C12H17N3O3. The van der Waals surface area contributed by atoms with Gasteiger partial charge in [0.25, 0.3) is 0 Å². The molecular weight excluding hydrogens is 234 g/mol. The van der Waals surface area contributed by atoms with Gasteiger partial charge in [-0.25, -0.2) is 0 Å². The van der Waals surface area contributed by atoms with E-state index >= 15 is 0 Å². The van der Waals surface area contributed by atoms with Crippen molar-refractivity contribution in [2.75, 3.05) is 30.4 Å². The third kappa shape index (κ3) is 5.42. The highest BCUT2D eigenvalue weighted by Crippen LogP contribution is 2.14. The molecule has 0 spiro atoms. The molecule has 1 rings (SSSR count). The van der Waals surface area contributed by atoms with Crippen LogP contribution >= 0.6 is 0 Å². The van der Waals surface area contributed by atoms with Crippen LogP contribution in [0.2, 0.25) is 0 Å². The van der Waals surface area contributed by atoms with E-state index < -0.39 is 0 Å². The van der Waals surface area contributed by atoms with Crippen LogP contribution in [-0.2, 0) is 14.3 Å². The van der Waals surface area contributed by atoms with Crippen molar-refractivity contribution in [3.05, 3.63) is 24.3 Å². The van der Waals surface area contributed by atoms with Gasteiger partial charge in [0.05, 0.1) is 6.61 Å². The second kappa shape index (κ2) is 7.41. The quantitative estimate of drug-likeness (QED) is 0.644. The normalized spacial score (nSPS) is 9.89. The summed E-state index contributed by atoms with van der Waals surface area (Å²) in [7, 11) is 0. The summed E-state index contributed by atoms with van der Waals surface area (Å²) in [5.74, 6) is -0.423. The van der Waals surface area contributed by atoms with E-state index in [9.17, 15) is 9.59 Å². The molecule has 1 aromatic carbocycles. The number of nitrogens with two attached hydrogens (primary N) is 1. The highest BCUT2D eigenvalue weighted by molar-refractivity contribution is 5.93. The first-order chi connectivity index (χ1) is 8.61. The fourth-order valence-electron chi connectivity index (χ4n) is 1.32. The fourth-order valence-corrected chi connectivity index (χ4v) is 1.32. The maximum Gasteiger partial charge on any atom is 0.250 e. The van der Waals surface area contributed by atoms with Crippen LogP contribution in [0.3, 0.4) is 0 Å². The number of nitrogens with one attached hydrogen (secondary N) is 2. The molecule has 6 heteroatoms. The van der Waals surface area contributed by atoms with Gasteiger partial charge in [-0.3, -0.25) is 9.59 Å². The summed E-state index contributed by atoms with van der Waals surface area (Å²) in [6.07, 6.45) is 0. The van der Waals surface area contributed by atoms with E-state index in [4.69, 9.17) is 10.5 Å². The number of rotatable bonds is 6. The van der Waals surface area contributed by atoms with E-state index in [1.54, 1.807) is 24.3 Å². The number of hydrogen-bond donors (Lipinski definition) is 3. The van der Waals surface area contributed by atoms with Gasteiger partial charge in [0, 0.05) is 24.8 Å². The average Bonchev–Trinajstić information content (AvgIpc) is 2.28. The molecule has 0 aromatic heterocycles. The second-order valence-corrected chi connectivity index (χ2v) is 3.65. The van der Waals surface area contributed by atoms with Crippen LogP contribution < -0.4 is 16.4 Å². The zero-order valence-corrected chi connectivity index (χ0v) is 10.2. The van der Waals surface area contributed by atoms with Crippen molar-refractivity contribution in [3.63, 3.8) is 0 Å². The van der Waals surface area contributed by atoms with Crippen LogP contribution in [0.25, 0.3) is 0 Å². The largest absolute Gasteiger partial charge is 0.370 e. The lowest BCUT2D eigenvalue weighted by atomic mass is 10.2. The van der Waals surface area contributed by atoms with Gasteiger partial charge in [-0.15, -0.1) is 0 Å². The Balaban J connectivity index is 2.51. The minimum Gasteiger partial charge on any atom is -0.370 e. The van der Waals surface area contributed by atoms with E-state index in [0.717, 1.165) is 0 Å². The molecule has 0 saturated heterocycles. The summed E-state index contributed by atoms with van der Waals surface area (Å²) in [4.78, 5) is 22.3. The summed E-state index contributed by atoms with van der Waals surface area (Å²) in [6.45, 7) is 2.11.